The van der Waals surface area contributed by atoms with E-state index in [4.69, 9.17) is 10.4 Å². The molecule has 0 saturated carbocycles. The molecule has 1 rings (SSSR count). The zero-order chi connectivity index (χ0) is 8.81. The number of aliphatic hydroxyl groups excluding tert-OH is 1. The molecule has 0 bridgehead atoms. The summed E-state index contributed by atoms with van der Waals surface area (Å²) in [7, 11) is 0. The fourth-order valence-corrected chi connectivity index (χ4v) is 0.699. The Morgan fingerprint density at radius 1 is 1.58 bits per heavy atom. The highest BCUT2D eigenvalue weighted by atomic mass is 16.2. The van der Waals surface area contributed by atoms with Crippen LogP contribution in [0.15, 0.2) is 18.3 Å². The number of hydrogen-bond acceptors (Lipinski definition) is 3. The van der Waals surface area contributed by atoms with Crippen LogP contribution in [0.5, 0.6) is 0 Å². The Bertz CT molecular complexity index is 368. The lowest BCUT2D eigenvalue weighted by atomic mass is 10.2. The SMILES string of the molecule is N#Cc1ccnc(C#CCO)c1. The van der Waals surface area contributed by atoms with Crippen molar-refractivity contribution in [3.8, 4) is 17.9 Å². The number of aliphatic hydroxyl groups is 1. The van der Waals surface area contributed by atoms with Crippen LogP contribution < -0.4 is 0 Å². The molecule has 3 heteroatoms. The third kappa shape index (κ3) is 2.09. The summed E-state index contributed by atoms with van der Waals surface area (Å²) in [4.78, 5) is 3.89. The first kappa shape index (κ1) is 8.26. The molecule has 58 valence electrons. The Morgan fingerprint density at radius 2 is 2.42 bits per heavy atom. The van der Waals surface area contributed by atoms with Crippen LogP contribution >= 0.6 is 0 Å². The molecule has 0 aromatic carbocycles. The van der Waals surface area contributed by atoms with Gasteiger partial charge in [0.1, 0.15) is 12.3 Å². The lowest BCUT2D eigenvalue weighted by Crippen LogP contribution is -1.84. The maximum atomic E-state index is 8.51. The van der Waals surface area contributed by atoms with Crippen molar-refractivity contribution in [1.29, 1.82) is 5.26 Å². The average molecular weight is 158 g/mol. The van der Waals surface area contributed by atoms with Gasteiger partial charge in [-0.1, -0.05) is 5.92 Å². The van der Waals surface area contributed by atoms with Gasteiger partial charge in [0, 0.05) is 6.20 Å². The molecule has 0 unspecified atom stereocenters. The standard InChI is InChI=1S/C9H6N2O/c10-7-8-3-4-11-9(6-8)2-1-5-12/h3-4,6,12H,5H2. The lowest BCUT2D eigenvalue weighted by molar-refractivity contribution is 0.350. The van der Waals surface area contributed by atoms with E-state index in [0.717, 1.165) is 0 Å². The molecule has 0 fully saturated rings. The summed E-state index contributed by atoms with van der Waals surface area (Å²) in [5, 5.41) is 16.9. The third-order valence-corrected chi connectivity index (χ3v) is 1.18. The van der Waals surface area contributed by atoms with Gasteiger partial charge in [-0.25, -0.2) is 4.98 Å². The number of hydrogen-bond donors (Lipinski definition) is 1. The van der Waals surface area contributed by atoms with Gasteiger partial charge in [0.15, 0.2) is 0 Å². The molecule has 0 atom stereocenters. The van der Waals surface area contributed by atoms with Crippen LogP contribution in [0.2, 0.25) is 0 Å². The molecule has 1 heterocycles. The maximum absolute atomic E-state index is 8.51. The normalized spacial score (nSPS) is 8.00. The molecule has 1 N–H and O–H groups in total. The van der Waals surface area contributed by atoms with Crippen LogP contribution in [-0.2, 0) is 0 Å². The summed E-state index contributed by atoms with van der Waals surface area (Å²) in [6.45, 7) is -0.196. The van der Waals surface area contributed by atoms with Gasteiger partial charge in [-0.05, 0) is 18.1 Å². The van der Waals surface area contributed by atoms with Gasteiger partial charge in [-0.3, -0.25) is 0 Å². The van der Waals surface area contributed by atoms with Crippen molar-refractivity contribution < 1.29 is 5.11 Å². The van der Waals surface area contributed by atoms with Crippen molar-refractivity contribution in [3.05, 3.63) is 29.6 Å². The fourth-order valence-electron chi connectivity index (χ4n) is 0.699. The predicted molar refractivity (Wildman–Crippen MR) is 42.9 cm³/mol. The summed E-state index contributed by atoms with van der Waals surface area (Å²) in [6, 6.07) is 5.15. The number of aromatic nitrogens is 1. The minimum Gasteiger partial charge on any atom is -0.384 e. The molecular formula is C9H6N2O. The van der Waals surface area contributed by atoms with E-state index in [9.17, 15) is 0 Å². The molecule has 0 aliphatic heterocycles. The highest BCUT2D eigenvalue weighted by Gasteiger charge is 1.90. The molecule has 12 heavy (non-hydrogen) atoms. The Balaban J connectivity index is 2.96. The number of pyridine rings is 1. The number of rotatable bonds is 0. The molecule has 0 aliphatic carbocycles. The molecule has 1 aromatic heterocycles. The quantitative estimate of drug-likeness (QED) is 0.552. The Labute approximate surface area is 70.3 Å². The highest BCUT2D eigenvalue weighted by Crippen LogP contribution is 1.97. The first-order valence-electron chi connectivity index (χ1n) is 3.32. The lowest BCUT2D eigenvalue weighted by Gasteiger charge is -1.88. The van der Waals surface area contributed by atoms with E-state index in [1.807, 2.05) is 6.07 Å². The first-order valence-corrected chi connectivity index (χ1v) is 3.32. The third-order valence-electron chi connectivity index (χ3n) is 1.18. The van der Waals surface area contributed by atoms with Gasteiger partial charge >= 0.3 is 0 Å². The molecule has 0 spiro atoms. The second kappa shape index (κ2) is 4.12. The van der Waals surface area contributed by atoms with Gasteiger partial charge < -0.3 is 5.11 Å². The average Bonchev–Trinajstić information content (AvgIpc) is 2.15. The summed E-state index contributed by atoms with van der Waals surface area (Å²) in [5.41, 5.74) is 1.02. The van der Waals surface area contributed by atoms with Crippen molar-refractivity contribution in [1.82, 2.24) is 4.98 Å². The van der Waals surface area contributed by atoms with E-state index >= 15 is 0 Å². The summed E-state index contributed by atoms with van der Waals surface area (Å²) >= 11 is 0. The second-order valence-electron chi connectivity index (χ2n) is 2.00. The Kier molecular flexibility index (Phi) is 2.84. The monoisotopic (exact) mass is 158 g/mol. The Hall–Kier alpha value is -1.84. The zero-order valence-electron chi connectivity index (χ0n) is 6.28. The first-order chi connectivity index (χ1) is 5.86. The van der Waals surface area contributed by atoms with Crippen molar-refractivity contribution in [2.75, 3.05) is 6.61 Å². The van der Waals surface area contributed by atoms with Gasteiger partial charge in [-0.15, -0.1) is 0 Å². The summed E-state index contributed by atoms with van der Waals surface area (Å²) in [5.74, 6) is 5.06. The van der Waals surface area contributed by atoms with Gasteiger partial charge in [0.05, 0.1) is 11.6 Å². The van der Waals surface area contributed by atoms with Crippen molar-refractivity contribution in [2.24, 2.45) is 0 Å². The van der Waals surface area contributed by atoms with E-state index in [-0.39, 0.29) is 6.61 Å². The smallest absolute Gasteiger partial charge is 0.114 e. The molecule has 0 saturated heterocycles. The van der Waals surface area contributed by atoms with E-state index in [1.165, 1.54) is 6.20 Å². The van der Waals surface area contributed by atoms with Crippen LogP contribution in [0.3, 0.4) is 0 Å². The van der Waals surface area contributed by atoms with Crippen LogP contribution in [-0.4, -0.2) is 16.7 Å². The van der Waals surface area contributed by atoms with E-state index < -0.39 is 0 Å². The van der Waals surface area contributed by atoms with Crippen molar-refractivity contribution >= 4 is 0 Å². The van der Waals surface area contributed by atoms with E-state index in [0.29, 0.717) is 11.3 Å². The van der Waals surface area contributed by atoms with Crippen LogP contribution in [0, 0.1) is 23.2 Å². The van der Waals surface area contributed by atoms with Crippen LogP contribution in [0.25, 0.3) is 0 Å². The molecule has 0 radical (unpaired) electrons. The molecule has 1 aromatic rings. The summed E-state index contributed by atoms with van der Waals surface area (Å²) in [6.07, 6.45) is 1.51. The maximum Gasteiger partial charge on any atom is 0.114 e. The topological polar surface area (TPSA) is 56.9 Å². The summed E-state index contributed by atoms with van der Waals surface area (Å²) < 4.78 is 0. The highest BCUT2D eigenvalue weighted by molar-refractivity contribution is 5.36. The van der Waals surface area contributed by atoms with Crippen LogP contribution in [0.1, 0.15) is 11.3 Å². The number of nitriles is 1. The minimum atomic E-state index is -0.196. The van der Waals surface area contributed by atoms with Gasteiger partial charge in [-0.2, -0.15) is 5.26 Å². The molecule has 0 amide bonds. The van der Waals surface area contributed by atoms with Gasteiger partial charge in [0.25, 0.3) is 0 Å². The van der Waals surface area contributed by atoms with Crippen molar-refractivity contribution in [3.63, 3.8) is 0 Å². The van der Waals surface area contributed by atoms with E-state index in [1.54, 1.807) is 12.1 Å². The zero-order valence-corrected chi connectivity index (χ0v) is 6.28. The second-order valence-corrected chi connectivity index (χ2v) is 2.00. The van der Waals surface area contributed by atoms with Crippen molar-refractivity contribution in [2.45, 2.75) is 0 Å². The Morgan fingerprint density at radius 3 is 3.08 bits per heavy atom. The number of nitrogens with zero attached hydrogens (tertiary/aromatic N) is 2. The predicted octanol–water partition coefficient (Wildman–Crippen LogP) is 0.297. The van der Waals surface area contributed by atoms with E-state index in [2.05, 4.69) is 16.8 Å². The molecule has 3 nitrogen and oxygen atoms in total. The fraction of sp³-hybridized carbons (Fsp3) is 0.111. The van der Waals surface area contributed by atoms with Crippen LogP contribution in [0.4, 0.5) is 0 Å². The molecule has 0 aliphatic rings. The van der Waals surface area contributed by atoms with Gasteiger partial charge in [0.2, 0.25) is 0 Å². The largest absolute Gasteiger partial charge is 0.384 e. The molecular weight excluding hydrogens is 152 g/mol. The minimum absolute atomic E-state index is 0.196.